The predicted molar refractivity (Wildman–Crippen MR) is 111 cm³/mol. The summed E-state index contributed by atoms with van der Waals surface area (Å²) >= 11 is 0. The van der Waals surface area contributed by atoms with Crippen molar-refractivity contribution < 1.29 is 14.3 Å². The smallest absolute Gasteiger partial charge is 0.221 e. The SMILES string of the molecule is COc1ccc(/C=C/C(=O)c2nc3ccccc3n2C)c2c(OC)cccc12. The number of aromatic nitrogens is 2. The van der Waals surface area contributed by atoms with Crippen molar-refractivity contribution in [3.05, 3.63) is 72.1 Å². The lowest BCUT2D eigenvalue weighted by atomic mass is 10.0. The molecule has 140 valence electrons. The molecule has 0 bridgehead atoms. The van der Waals surface area contributed by atoms with E-state index in [0.29, 0.717) is 5.82 Å². The fourth-order valence-electron chi connectivity index (χ4n) is 3.47. The number of ether oxygens (including phenoxy) is 2. The molecule has 4 rings (SSSR count). The number of ketones is 1. The van der Waals surface area contributed by atoms with Crippen LogP contribution in [0.2, 0.25) is 0 Å². The van der Waals surface area contributed by atoms with E-state index in [-0.39, 0.29) is 5.78 Å². The van der Waals surface area contributed by atoms with Gasteiger partial charge in [-0.2, -0.15) is 0 Å². The molecule has 0 N–H and O–H groups in total. The quantitative estimate of drug-likeness (QED) is 0.378. The Morgan fingerprint density at radius 2 is 1.75 bits per heavy atom. The number of benzene rings is 3. The lowest BCUT2D eigenvalue weighted by molar-refractivity contribution is 0.103. The maximum atomic E-state index is 12.8. The molecule has 1 heterocycles. The molecule has 1 aromatic heterocycles. The summed E-state index contributed by atoms with van der Waals surface area (Å²) in [5, 5.41) is 1.83. The third-order valence-corrected chi connectivity index (χ3v) is 4.86. The number of carbonyl (C=O) groups is 1. The highest BCUT2D eigenvalue weighted by molar-refractivity contribution is 6.08. The van der Waals surface area contributed by atoms with Gasteiger partial charge in [0.2, 0.25) is 5.78 Å². The van der Waals surface area contributed by atoms with Gasteiger partial charge >= 0.3 is 0 Å². The summed E-state index contributed by atoms with van der Waals surface area (Å²) in [6.45, 7) is 0. The Balaban J connectivity index is 1.78. The summed E-state index contributed by atoms with van der Waals surface area (Å²) in [5.74, 6) is 1.73. The van der Waals surface area contributed by atoms with E-state index < -0.39 is 0 Å². The second kappa shape index (κ2) is 7.19. The third-order valence-electron chi connectivity index (χ3n) is 4.86. The Morgan fingerprint density at radius 1 is 0.964 bits per heavy atom. The molecule has 5 heteroatoms. The van der Waals surface area contributed by atoms with Crippen LogP contribution in [0.4, 0.5) is 0 Å². The Morgan fingerprint density at radius 3 is 2.50 bits per heavy atom. The minimum atomic E-state index is -0.155. The van der Waals surface area contributed by atoms with E-state index in [2.05, 4.69) is 4.98 Å². The number of hydrogen-bond donors (Lipinski definition) is 0. The van der Waals surface area contributed by atoms with E-state index in [9.17, 15) is 4.79 Å². The van der Waals surface area contributed by atoms with Crippen molar-refractivity contribution in [2.75, 3.05) is 14.2 Å². The fourth-order valence-corrected chi connectivity index (χ4v) is 3.47. The highest BCUT2D eigenvalue weighted by Gasteiger charge is 2.14. The highest BCUT2D eigenvalue weighted by Crippen LogP contribution is 2.35. The van der Waals surface area contributed by atoms with E-state index in [0.717, 1.165) is 38.9 Å². The number of methoxy groups -OCH3 is 2. The van der Waals surface area contributed by atoms with E-state index in [1.165, 1.54) is 0 Å². The Bertz CT molecular complexity index is 1220. The standard InChI is InChI=1S/C23H20N2O3/c1-25-18-9-5-4-8-17(18)24-23(25)19(26)13-11-15-12-14-20(27-2)16-7-6-10-21(28-3)22(15)16/h4-14H,1-3H3/b13-11+. The second-order valence-corrected chi connectivity index (χ2v) is 6.42. The van der Waals surface area contributed by atoms with Gasteiger partial charge in [0.05, 0.1) is 25.3 Å². The highest BCUT2D eigenvalue weighted by atomic mass is 16.5. The van der Waals surface area contributed by atoms with Gasteiger partial charge in [0.1, 0.15) is 11.5 Å². The normalized spacial score (nSPS) is 11.4. The van der Waals surface area contributed by atoms with Crippen LogP contribution >= 0.6 is 0 Å². The van der Waals surface area contributed by atoms with Crippen molar-refractivity contribution in [3.63, 3.8) is 0 Å². The summed E-state index contributed by atoms with van der Waals surface area (Å²) < 4.78 is 12.8. The second-order valence-electron chi connectivity index (χ2n) is 6.42. The van der Waals surface area contributed by atoms with Crippen molar-refractivity contribution in [1.29, 1.82) is 0 Å². The molecule has 0 aliphatic rings. The zero-order chi connectivity index (χ0) is 19.7. The first kappa shape index (κ1) is 17.8. The van der Waals surface area contributed by atoms with Gasteiger partial charge in [-0.25, -0.2) is 4.98 Å². The number of nitrogens with zero attached hydrogens (tertiary/aromatic N) is 2. The average molecular weight is 372 g/mol. The molecule has 0 aliphatic carbocycles. The number of aryl methyl sites for hydroxylation is 1. The van der Waals surface area contributed by atoms with Crippen LogP contribution in [0.25, 0.3) is 27.9 Å². The van der Waals surface area contributed by atoms with Crippen LogP contribution in [-0.2, 0) is 7.05 Å². The van der Waals surface area contributed by atoms with Gasteiger partial charge < -0.3 is 14.0 Å². The Kier molecular flexibility index (Phi) is 4.57. The van der Waals surface area contributed by atoms with Gasteiger partial charge in [-0.3, -0.25) is 4.79 Å². The predicted octanol–water partition coefficient (Wildman–Crippen LogP) is 4.64. The molecule has 0 fully saturated rings. The van der Waals surface area contributed by atoms with Gasteiger partial charge in [-0.05, 0) is 35.9 Å². The number of hydrogen-bond acceptors (Lipinski definition) is 4. The molecule has 0 radical (unpaired) electrons. The zero-order valence-electron chi connectivity index (χ0n) is 16.0. The Hall–Kier alpha value is -3.60. The number of fused-ring (bicyclic) bond motifs is 2. The molecular weight excluding hydrogens is 352 g/mol. The number of allylic oxidation sites excluding steroid dienone is 1. The summed E-state index contributed by atoms with van der Waals surface area (Å²) in [6.07, 6.45) is 3.35. The maximum Gasteiger partial charge on any atom is 0.221 e. The summed E-state index contributed by atoms with van der Waals surface area (Å²) in [6, 6.07) is 17.3. The topological polar surface area (TPSA) is 53.3 Å². The lowest BCUT2D eigenvalue weighted by Crippen LogP contribution is -2.04. The summed E-state index contributed by atoms with van der Waals surface area (Å²) in [5.41, 5.74) is 2.61. The minimum absolute atomic E-state index is 0.155. The van der Waals surface area contributed by atoms with E-state index in [4.69, 9.17) is 9.47 Å². The molecule has 0 unspecified atom stereocenters. The van der Waals surface area contributed by atoms with E-state index >= 15 is 0 Å². The van der Waals surface area contributed by atoms with Gasteiger partial charge in [-0.1, -0.05) is 36.4 Å². The number of carbonyl (C=O) groups excluding carboxylic acids is 1. The van der Waals surface area contributed by atoms with Crippen molar-refractivity contribution in [1.82, 2.24) is 9.55 Å². The van der Waals surface area contributed by atoms with Crippen LogP contribution in [0.3, 0.4) is 0 Å². The monoisotopic (exact) mass is 372 g/mol. The first-order chi connectivity index (χ1) is 13.6. The lowest BCUT2D eigenvalue weighted by Gasteiger charge is -2.11. The van der Waals surface area contributed by atoms with Gasteiger partial charge in [0.25, 0.3) is 0 Å². The van der Waals surface area contributed by atoms with Gasteiger partial charge in [0.15, 0.2) is 5.82 Å². The first-order valence-electron chi connectivity index (χ1n) is 8.91. The van der Waals surface area contributed by atoms with Crippen LogP contribution in [0.1, 0.15) is 16.2 Å². The van der Waals surface area contributed by atoms with Crippen LogP contribution in [0.15, 0.2) is 60.7 Å². The van der Waals surface area contributed by atoms with Gasteiger partial charge in [0, 0.05) is 17.8 Å². The van der Waals surface area contributed by atoms with E-state index in [1.807, 2.05) is 66.2 Å². The molecule has 0 aliphatic heterocycles. The van der Waals surface area contributed by atoms with Crippen molar-refractivity contribution in [2.45, 2.75) is 0 Å². The fraction of sp³-hybridized carbons (Fsp3) is 0.130. The molecule has 0 saturated heterocycles. The van der Waals surface area contributed by atoms with Crippen molar-refractivity contribution >= 4 is 33.7 Å². The van der Waals surface area contributed by atoms with Crippen LogP contribution in [-0.4, -0.2) is 29.6 Å². The zero-order valence-corrected chi connectivity index (χ0v) is 16.0. The third kappa shape index (κ3) is 2.91. The number of para-hydroxylation sites is 2. The molecule has 3 aromatic carbocycles. The number of rotatable bonds is 5. The molecule has 28 heavy (non-hydrogen) atoms. The maximum absolute atomic E-state index is 12.8. The molecule has 0 amide bonds. The summed E-state index contributed by atoms with van der Waals surface area (Å²) in [4.78, 5) is 17.3. The molecule has 4 aromatic rings. The van der Waals surface area contributed by atoms with Crippen LogP contribution in [0.5, 0.6) is 11.5 Å². The molecule has 0 atom stereocenters. The molecular formula is C23H20N2O3. The average Bonchev–Trinajstić information content (AvgIpc) is 3.08. The van der Waals surface area contributed by atoms with Gasteiger partial charge in [-0.15, -0.1) is 0 Å². The van der Waals surface area contributed by atoms with Crippen LogP contribution < -0.4 is 9.47 Å². The van der Waals surface area contributed by atoms with E-state index in [1.54, 1.807) is 26.4 Å². The Labute approximate surface area is 162 Å². The van der Waals surface area contributed by atoms with Crippen LogP contribution in [0, 0.1) is 0 Å². The number of imidazole rings is 1. The molecule has 5 nitrogen and oxygen atoms in total. The largest absolute Gasteiger partial charge is 0.496 e. The first-order valence-corrected chi connectivity index (χ1v) is 8.91. The summed E-state index contributed by atoms with van der Waals surface area (Å²) in [7, 11) is 5.12. The van der Waals surface area contributed by atoms with Crippen molar-refractivity contribution in [3.8, 4) is 11.5 Å². The molecule has 0 spiro atoms. The molecule has 0 saturated carbocycles. The minimum Gasteiger partial charge on any atom is -0.496 e. The van der Waals surface area contributed by atoms with Crippen molar-refractivity contribution in [2.24, 2.45) is 7.05 Å².